The summed E-state index contributed by atoms with van der Waals surface area (Å²) in [6.45, 7) is 0. The van der Waals surface area contributed by atoms with Crippen LogP contribution in [0, 0.1) is 6.42 Å². The van der Waals surface area contributed by atoms with Gasteiger partial charge in [-0.3, -0.25) is 0 Å². The molecule has 1 fully saturated rings. The Morgan fingerprint density at radius 2 is 1.88 bits per heavy atom. The van der Waals surface area contributed by atoms with Crippen LogP contribution < -0.4 is 5.73 Å². The van der Waals surface area contributed by atoms with Gasteiger partial charge in [-0.05, 0) is 32.1 Å². The molecule has 0 bridgehead atoms. The molecule has 1 aliphatic carbocycles. The van der Waals surface area contributed by atoms with Gasteiger partial charge in [0, 0.05) is 0 Å². The first-order chi connectivity index (χ1) is 3.71. The fourth-order valence-electron chi connectivity index (χ4n) is 0.973. The van der Waals surface area contributed by atoms with Gasteiger partial charge in [0.05, 0.1) is 0 Å². The number of nitrogens with two attached hydrogens (primary N) is 1. The van der Waals surface area contributed by atoms with Crippen LogP contribution in [-0.2, 0) is 0 Å². The number of rotatable bonds is 0. The highest BCUT2D eigenvalue weighted by molar-refractivity contribution is 4.83. The first-order valence-electron chi connectivity index (χ1n) is 3.04. The summed E-state index contributed by atoms with van der Waals surface area (Å²) in [6.07, 6.45) is 5.56. The van der Waals surface area contributed by atoms with Crippen molar-refractivity contribution in [3.05, 3.63) is 6.42 Å². The van der Waals surface area contributed by atoms with Gasteiger partial charge >= 0.3 is 0 Å². The summed E-state index contributed by atoms with van der Waals surface area (Å²) in [5.41, 5.74) is 4.56. The second kappa shape index (κ2) is 2.03. The summed E-state index contributed by atoms with van der Waals surface area (Å²) in [5, 5.41) is 9.13. The quantitative estimate of drug-likeness (QED) is 0.448. The van der Waals surface area contributed by atoms with Crippen molar-refractivity contribution < 1.29 is 5.11 Å². The molecule has 8 heavy (non-hydrogen) atoms. The molecule has 1 aliphatic rings. The minimum absolute atomic E-state index is 0.729. The zero-order valence-electron chi connectivity index (χ0n) is 4.93. The van der Waals surface area contributed by atoms with Crippen LogP contribution in [0.1, 0.15) is 25.7 Å². The first-order valence-corrected chi connectivity index (χ1v) is 3.04. The van der Waals surface area contributed by atoms with Crippen molar-refractivity contribution in [2.75, 3.05) is 0 Å². The van der Waals surface area contributed by atoms with E-state index in [2.05, 4.69) is 6.42 Å². The lowest BCUT2D eigenvalue weighted by molar-refractivity contribution is 0.0193. The van der Waals surface area contributed by atoms with Crippen LogP contribution in [0.4, 0.5) is 0 Å². The molecule has 0 saturated heterocycles. The lowest BCUT2D eigenvalue weighted by Crippen LogP contribution is -2.41. The summed E-state index contributed by atoms with van der Waals surface area (Å²) < 4.78 is 0. The average Bonchev–Trinajstić information content (AvgIpc) is 1.65. The van der Waals surface area contributed by atoms with Crippen molar-refractivity contribution in [1.82, 2.24) is 0 Å². The van der Waals surface area contributed by atoms with Gasteiger partial charge in [-0.25, -0.2) is 0 Å². The summed E-state index contributed by atoms with van der Waals surface area (Å²) in [5.74, 6) is 0. The maximum absolute atomic E-state index is 9.13. The summed E-state index contributed by atoms with van der Waals surface area (Å²) in [7, 11) is 0. The molecule has 0 unspecified atom stereocenters. The largest absolute Gasteiger partial charge is 0.376 e. The third kappa shape index (κ3) is 1.46. The van der Waals surface area contributed by atoms with Crippen molar-refractivity contribution in [3.63, 3.8) is 0 Å². The Labute approximate surface area is 49.7 Å². The van der Waals surface area contributed by atoms with Crippen LogP contribution in [0.5, 0.6) is 0 Å². The van der Waals surface area contributed by atoms with Crippen LogP contribution in [0.25, 0.3) is 0 Å². The van der Waals surface area contributed by atoms with Crippen LogP contribution in [0.3, 0.4) is 0 Å². The Morgan fingerprint density at radius 1 is 1.38 bits per heavy atom. The predicted molar refractivity (Wildman–Crippen MR) is 31.9 cm³/mol. The minimum atomic E-state index is -0.852. The highest BCUT2D eigenvalue weighted by atomic mass is 16.3. The van der Waals surface area contributed by atoms with Gasteiger partial charge in [0.1, 0.15) is 5.72 Å². The molecule has 0 spiro atoms. The molecule has 0 aromatic carbocycles. The highest BCUT2D eigenvalue weighted by Gasteiger charge is 2.22. The molecule has 0 aliphatic heterocycles. The molecular formula is C6H12NO. The van der Waals surface area contributed by atoms with Crippen molar-refractivity contribution in [3.8, 4) is 0 Å². The first kappa shape index (κ1) is 6.05. The van der Waals surface area contributed by atoms with Gasteiger partial charge in [0.25, 0.3) is 0 Å². The lowest BCUT2D eigenvalue weighted by atomic mass is 9.93. The topological polar surface area (TPSA) is 46.2 Å². The van der Waals surface area contributed by atoms with Crippen LogP contribution in [-0.4, -0.2) is 10.8 Å². The van der Waals surface area contributed by atoms with E-state index in [1.54, 1.807) is 0 Å². The third-order valence-corrected chi connectivity index (χ3v) is 1.56. The van der Waals surface area contributed by atoms with E-state index in [0.717, 1.165) is 25.7 Å². The molecule has 0 aromatic rings. The summed E-state index contributed by atoms with van der Waals surface area (Å²) in [4.78, 5) is 0. The van der Waals surface area contributed by atoms with E-state index in [9.17, 15) is 0 Å². The van der Waals surface area contributed by atoms with E-state index < -0.39 is 5.72 Å². The van der Waals surface area contributed by atoms with E-state index >= 15 is 0 Å². The lowest BCUT2D eigenvalue weighted by Gasteiger charge is -2.26. The Balaban J connectivity index is 2.33. The second-order valence-corrected chi connectivity index (χ2v) is 2.47. The summed E-state index contributed by atoms with van der Waals surface area (Å²) in [6, 6.07) is 0. The number of hydrogen-bond acceptors (Lipinski definition) is 2. The van der Waals surface area contributed by atoms with Gasteiger partial charge in [0.15, 0.2) is 0 Å². The van der Waals surface area contributed by atoms with Crippen molar-refractivity contribution >= 4 is 0 Å². The van der Waals surface area contributed by atoms with Crippen molar-refractivity contribution in [1.29, 1.82) is 0 Å². The van der Waals surface area contributed by atoms with Crippen molar-refractivity contribution in [2.24, 2.45) is 5.73 Å². The molecule has 1 saturated carbocycles. The third-order valence-electron chi connectivity index (χ3n) is 1.56. The minimum Gasteiger partial charge on any atom is -0.376 e. The molecule has 2 heteroatoms. The molecule has 3 N–H and O–H groups in total. The molecule has 0 atom stereocenters. The maximum Gasteiger partial charge on any atom is 0.113 e. The number of hydrogen-bond donors (Lipinski definition) is 2. The summed E-state index contributed by atoms with van der Waals surface area (Å²) >= 11 is 0. The molecule has 0 aromatic heterocycles. The molecule has 0 heterocycles. The smallest absolute Gasteiger partial charge is 0.113 e. The normalized spacial score (nSPS) is 27.8. The highest BCUT2D eigenvalue weighted by Crippen LogP contribution is 2.21. The second-order valence-electron chi connectivity index (χ2n) is 2.47. The predicted octanol–water partition coefficient (Wildman–Crippen LogP) is 0.412. The fraction of sp³-hybridized carbons (Fsp3) is 0.833. The van der Waals surface area contributed by atoms with E-state index in [1.807, 2.05) is 0 Å². The molecule has 0 amide bonds. The van der Waals surface area contributed by atoms with E-state index in [4.69, 9.17) is 10.8 Å². The van der Waals surface area contributed by atoms with E-state index in [1.165, 1.54) is 0 Å². The van der Waals surface area contributed by atoms with Crippen LogP contribution in [0.15, 0.2) is 0 Å². The SMILES string of the molecule is NC1(O)CC[CH]CC1. The molecule has 1 radical (unpaired) electrons. The zero-order chi connectivity index (χ0) is 6.04. The molecule has 47 valence electrons. The Bertz CT molecular complexity index is 72.6. The van der Waals surface area contributed by atoms with Gasteiger partial charge in [-0.1, -0.05) is 0 Å². The van der Waals surface area contributed by atoms with Gasteiger partial charge in [-0.15, -0.1) is 0 Å². The maximum atomic E-state index is 9.13. The monoisotopic (exact) mass is 114 g/mol. The van der Waals surface area contributed by atoms with Crippen LogP contribution >= 0.6 is 0 Å². The van der Waals surface area contributed by atoms with Gasteiger partial charge < -0.3 is 10.8 Å². The van der Waals surface area contributed by atoms with Gasteiger partial charge in [-0.2, -0.15) is 0 Å². The van der Waals surface area contributed by atoms with E-state index in [-0.39, 0.29) is 0 Å². The molecule has 1 rings (SSSR count). The van der Waals surface area contributed by atoms with E-state index in [0.29, 0.717) is 0 Å². The standard InChI is InChI=1S/C6H12NO/c7-6(8)4-2-1-3-5-6/h1,8H,2-5,7H2. The average molecular weight is 114 g/mol. The van der Waals surface area contributed by atoms with Crippen molar-refractivity contribution in [2.45, 2.75) is 31.4 Å². The van der Waals surface area contributed by atoms with Crippen LogP contribution in [0.2, 0.25) is 0 Å². The Kier molecular flexibility index (Phi) is 1.54. The Morgan fingerprint density at radius 3 is 2.12 bits per heavy atom. The van der Waals surface area contributed by atoms with Gasteiger partial charge in [0.2, 0.25) is 0 Å². The Hall–Kier alpha value is -0.0800. The molecular weight excluding hydrogens is 102 g/mol. The zero-order valence-corrected chi connectivity index (χ0v) is 4.93. The molecule has 2 nitrogen and oxygen atoms in total. The number of aliphatic hydroxyl groups is 1. The fourth-order valence-corrected chi connectivity index (χ4v) is 0.973.